The summed E-state index contributed by atoms with van der Waals surface area (Å²) in [7, 11) is 0. The van der Waals surface area contributed by atoms with E-state index < -0.39 is 5.63 Å². The third kappa shape index (κ3) is 6.16. The Hall–Kier alpha value is -3.20. The second-order valence-electron chi connectivity index (χ2n) is 6.95. The number of aliphatic imine (C=N–C) groups is 1. The van der Waals surface area contributed by atoms with Gasteiger partial charge in [-0.3, -0.25) is 4.99 Å². The molecule has 32 heavy (non-hydrogen) atoms. The van der Waals surface area contributed by atoms with E-state index in [2.05, 4.69) is 4.99 Å². The van der Waals surface area contributed by atoms with E-state index in [0.717, 1.165) is 5.39 Å². The fourth-order valence-corrected chi connectivity index (χ4v) is 3.08. The highest BCUT2D eigenvalue weighted by Crippen LogP contribution is 2.32. The van der Waals surface area contributed by atoms with Crippen molar-refractivity contribution in [2.75, 3.05) is 52.9 Å². The summed E-state index contributed by atoms with van der Waals surface area (Å²) in [6.07, 6.45) is 1.49. The summed E-state index contributed by atoms with van der Waals surface area (Å²) in [5.74, 6) is 1.13. The molecule has 2 heterocycles. The highest BCUT2D eigenvalue weighted by atomic mass is 16.6. The number of hydrogen-bond acceptors (Lipinski definition) is 8. The van der Waals surface area contributed by atoms with Gasteiger partial charge in [0.1, 0.15) is 18.8 Å². The fourth-order valence-electron chi connectivity index (χ4n) is 3.08. The fraction of sp³-hybridized carbons (Fsp3) is 0.333. The number of fused-ring (bicyclic) bond motifs is 2. The molecular weight excluding hydrogens is 414 g/mol. The van der Waals surface area contributed by atoms with Crippen LogP contribution in [0.1, 0.15) is 5.56 Å². The Kier molecular flexibility index (Phi) is 7.86. The van der Waals surface area contributed by atoms with Crippen LogP contribution in [0, 0.1) is 0 Å². The van der Waals surface area contributed by atoms with Gasteiger partial charge in [0.15, 0.2) is 11.5 Å². The summed E-state index contributed by atoms with van der Waals surface area (Å²) in [4.78, 5) is 16.7. The first-order chi connectivity index (χ1) is 15.8. The molecule has 3 aromatic rings. The molecule has 4 rings (SSSR count). The van der Waals surface area contributed by atoms with Crippen LogP contribution in [-0.4, -0.2) is 59.1 Å². The number of para-hydroxylation sites is 1. The SMILES string of the molecule is O=c1oc2ccccc2cc1C=Nc1ccc2c(c1)OCCOCCOCCOCCO2. The van der Waals surface area contributed by atoms with E-state index in [9.17, 15) is 4.79 Å². The molecule has 0 spiro atoms. The Labute approximate surface area is 185 Å². The van der Waals surface area contributed by atoms with Crippen LogP contribution in [-0.2, 0) is 14.2 Å². The molecule has 8 nitrogen and oxygen atoms in total. The zero-order chi connectivity index (χ0) is 22.0. The van der Waals surface area contributed by atoms with Crippen molar-refractivity contribution in [1.29, 1.82) is 0 Å². The van der Waals surface area contributed by atoms with E-state index in [1.54, 1.807) is 30.3 Å². The maximum atomic E-state index is 12.2. The van der Waals surface area contributed by atoms with Crippen LogP contribution < -0.4 is 15.1 Å². The van der Waals surface area contributed by atoms with Gasteiger partial charge in [0, 0.05) is 17.7 Å². The Morgan fingerprint density at radius 2 is 1.38 bits per heavy atom. The van der Waals surface area contributed by atoms with E-state index in [-0.39, 0.29) is 0 Å². The molecule has 1 aliphatic rings. The van der Waals surface area contributed by atoms with Crippen LogP contribution in [0.25, 0.3) is 11.0 Å². The van der Waals surface area contributed by atoms with Crippen molar-refractivity contribution in [1.82, 2.24) is 0 Å². The molecule has 0 radical (unpaired) electrons. The minimum Gasteiger partial charge on any atom is -0.487 e. The lowest BCUT2D eigenvalue weighted by Gasteiger charge is -2.13. The standard InChI is InChI=1S/C24H25NO7/c26-24-19(15-18-3-1-2-4-21(18)32-24)17-25-20-5-6-22-23(16-20)31-14-12-29-10-8-27-7-9-28-11-13-30-22/h1-6,15-17H,7-14H2. The first-order valence-electron chi connectivity index (χ1n) is 10.5. The molecule has 0 saturated heterocycles. The average molecular weight is 439 g/mol. The van der Waals surface area contributed by atoms with Crippen molar-refractivity contribution in [2.45, 2.75) is 0 Å². The van der Waals surface area contributed by atoms with Crippen LogP contribution in [0.5, 0.6) is 11.5 Å². The summed E-state index contributed by atoms with van der Waals surface area (Å²) in [6, 6.07) is 14.4. The average Bonchev–Trinajstić information content (AvgIpc) is 2.82. The Morgan fingerprint density at radius 3 is 2.12 bits per heavy atom. The quantitative estimate of drug-likeness (QED) is 0.447. The zero-order valence-electron chi connectivity index (χ0n) is 17.7. The van der Waals surface area contributed by atoms with Crippen LogP contribution in [0.3, 0.4) is 0 Å². The van der Waals surface area contributed by atoms with E-state index in [0.29, 0.717) is 81.2 Å². The molecule has 1 aliphatic heterocycles. The Balaban J connectivity index is 1.51. The summed E-state index contributed by atoms with van der Waals surface area (Å²) in [5.41, 5.74) is 1.08. The Bertz CT molecular complexity index is 1110. The number of benzene rings is 2. The van der Waals surface area contributed by atoms with Crippen molar-refractivity contribution in [2.24, 2.45) is 4.99 Å². The Morgan fingerprint density at radius 1 is 0.719 bits per heavy atom. The van der Waals surface area contributed by atoms with Crippen molar-refractivity contribution in [3.05, 3.63) is 64.5 Å². The molecular formula is C24H25NO7. The summed E-state index contributed by atoms with van der Waals surface area (Å²) in [6.45, 7) is 3.63. The highest BCUT2D eigenvalue weighted by Gasteiger charge is 2.08. The smallest absolute Gasteiger partial charge is 0.345 e. The van der Waals surface area contributed by atoms with Crippen molar-refractivity contribution in [3.63, 3.8) is 0 Å². The number of nitrogens with zero attached hydrogens (tertiary/aromatic N) is 1. The van der Waals surface area contributed by atoms with Crippen LogP contribution in [0.4, 0.5) is 5.69 Å². The van der Waals surface area contributed by atoms with E-state index in [1.807, 2.05) is 18.2 Å². The van der Waals surface area contributed by atoms with E-state index in [1.165, 1.54) is 6.21 Å². The lowest BCUT2D eigenvalue weighted by atomic mass is 10.2. The lowest BCUT2D eigenvalue weighted by Crippen LogP contribution is -2.13. The molecule has 1 aromatic heterocycles. The van der Waals surface area contributed by atoms with Crippen LogP contribution in [0.2, 0.25) is 0 Å². The van der Waals surface area contributed by atoms with Crippen molar-refractivity contribution in [3.8, 4) is 11.5 Å². The van der Waals surface area contributed by atoms with Crippen LogP contribution >= 0.6 is 0 Å². The van der Waals surface area contributed by atoms with Gasteiger partial charge in [-0.25, -0.2) is 4.79 Å². The molecule has 0 bridgehead atoms. The van der Waals surface area contributed by atoms with Gasteiger partial charge in [-0.15, -0.1) is 0 Å². The number of ether oxygens (including phenoxy) is 5. The molecule has 2 aromatic carbocycles. The second-order valence-corrected chi connectivity index (χ2v) is 6.95. The highest BCUT2D eigenvalue weighted by molar-refractivity contribution is 5.87. The summed E-state index contributed by atoms with van der Waals surface area (Å²) in [5, 5.41) is 0.831. The van der Waals surface area contributed by atoms with Gasteiger partial charge in [0.25, 0.3) is 0 Å². The van der Waals surface area contributed by atoms with Gasteiger partial charge in [-0.2, -0.15) is 0 Å². The lowest BCUT2D eigenvalue weighted by molar-refractivity contribution is 0.00708. The molecule has 8 heteroatoms. The predicted octanol–water partition coefficient (Wildman–Crippen LogP) is 3.36. The van der Waals surface area contributed by atoms with Gasteiger partial charge in [-0.1, -0.05) is 18.2 Å². The minimum absolute atomic E-state index is 0.355. The molecule has 0 aliphatic carbocycles. The first kappa shape index (κ1) is 22.0. The van der Waals surface area contributed by atoms with Gasteiger partial charge in [-0.05, 0) is 24.3 Å². The van der Waals surface area contributed by atoms with Gasteiger partial charge >= 0.3 is 5.63 Å². The van der Waals surface area contributed by atoms with E-state index in [4.69, 9.17) is 28.1 Å². The number of rotatable bonds is 2. The topological polar surface area (TPSA) is 88.7 Å². The summed E-state index contributed by atoms with van der Waals surface area (Å²) >= 11 is 0. The van der Waals surface area contributed by atoms with Gasteiger partial charge in [0.2, 0.25) is 0 Å². The molecule has 0 saturated carbocycles. The third-order valence-electron chi connectivity index (χ3n) is 4.66. The molecule has 0 unspecified atom stereocenters. The molecule has 0 fully saturated rings. The van der Waals surface area contributed by atoms with E-state index >= 15 is 0 Å². The first-order valence-corrected chi connectivity index (χ1v) is 10.5. The maximum Gasteiger partial charge on any atom is 0.345 e. The number of hydrogen-bond donors (Lipinski definition) is 0. The molecule has 0 N–H and O–H groups in total. The van der Waals surface area contributed by atoms with Crippen LogP contribution in [0.15, 0.2) is 62.7 Å². The minimum atomic E-state index is -0.442. The van der Waals surface area contributed by atoms with Crippen molar-refractivity contribution >= 4 is 22.9 Å². The summed E-state index contributed by atoms with van der Waals surface area (Å²) < 4.78 is 33.4. The van der Waals surface area contributed by atoms with Gasteiger partial charge < -0.3 is 28.1 Å². The maximum absolute atomic E-state index is 12.2. The largest absolute Gasteiger partial charge is 0.487 e. The van der Waals surface area contributed by atoms with Crippen molar-refractivity contribution < 1.29 is 28.1 Å². The molecule has 0 amide bonds. The monoisotopic (exact) mass is 439 g/mol. The zero-order valence-corrected chi connectivity index (χ0v) is 17.7. The van der Waals surface area contributed by atoms with Gasteiger partial charge in [0.05, 0.1) is 50.9 Å². The normalized spacial score (nSPS) is 16.5. The predicted molar refractivity (Wildman–Crippen MR) is 120 cm³/mol. The third-order valence-corrected chi connectivity index (χ3v) is 4.66. The molecule has 168 valence electrons. The second kappa shape index (κ2) is 11.4. The molecule has 0 atom stereocenters.